The van der Waals surface area contributed by atoms with Crippen LogP contribution in [0.1, 0.15) is 76.2 Å². The molecule has 0 bridgehead atoms. The summed E-state index contributed by atoms with van der Waals surface area (Å²) in [6.45, 7) is 9.07. The highest BCUT2D eigenvalue weighted by molar-refractivity contribution is 7.80. The summed E-state index contributed by atoms with van der Waals surface area (Å²) in [6.07, 6.45) is -25.4. The van der Waals surface area contributed by atoms with Gasteiger partial charge in [-0.15, -0.1) is 0 Å². The molecule has 0 aliphatic carbocycles. The minimum atomic E-state index is -1.96. The van der Waals surface area contributed by atoms with E-state index in [0.717, 1.165) is 76.2 Å². The summed E-state index contributed by atoms with van der Waals surface area (Å²) in [7, 11) is 0. The summed E-state index contributed by atoms with van der Waals surface area (Å²) < 4.78 is 84.4. The third-order valence-electron chi connectivity index (χ3n) is 9.47. The Hall–Kier alpha value is -6.30. The van der Waals surface area contributed by atoms with E-state index in [1.807, 2.05) is 0 Å². The quantitative estimate of drug-likeness (QED) is 0.0865. The number of rotatable bonds is 18. The fourth-order valence-corrected chi connectivity index (χ4v) is 7.51. The summed E-state index contributed by atoms with van der Waals surface area (Å²) in [5.41, 5.74) is 0. The van der Waals surface area contributed by atoms with E-state index in [2.05, 4.69) is 10.6 Å². The molecule has 0 aromatic rings. The maximum atomic E-state index is 12.9. The fourth-order valence-electron chi connectivity index (χ4n) is 7.27. The molecule has 29 heteroatoms. The summed E-state index contributed by atoms with van der Waals surface area (Å²) in [6, 6.07) is 0. The molecule has 0 spiro atoms. The van der Waals surface area contributed by atoms with Crippen molar-refractivity contribution in [3.05, 3.63) is 0 Å². The summed E-state index contributed by atoms with van der Waals surface area (Å²) >= 11 is 5.60. The van der Waals surface area contributed by atoms with Crippen LogP contribution in [0.15, 0.2) is 0 Å². The van der Waals surface area contributed by atoms with Crippen LogP contribution in [-0.2, 0) is 124 Å². The number of thiocarbonyl (C=S) groups is 1. The van der Waals surface area contributed by atoms with Crippen molar-refractivity contribution >= 4 is 83.0 Å². The maximum Gasteiger partial charge on any atom is 0.303 e. The van der Waals surface area contributed by atoms with E-state index in [1.54, 1.807) is 0 Å². The van der Waals surface area contributed by atoms with Crippen LogP contribution in [-0.4, -0.2) is 183 Å². The van der Waals surface area contributed by atoms with Gasteiger partial charge in [-0.3, -0.25) is 52.7 Å². The monoisotopic (exact) mass is 1020 g/mol. The average molecular weight is 1020 g/mol. The molecule has 3 aliphatic heterocycles. The molecule has 0 radical (unpaired) electrons. The second kappa shape index (κ2) is 26.6. The van der Waals surface area contributed by atoms with Crippen molar-refractivity contribution in [1.29, 1.82) is 0 Å². The van der Waals surface area contributed by atoms with Crippen LogP contribution in [0.25, 0.3) is 0 Å². The zero-order chi connectivity index (χ0) is 52.7. The van der Waals surface area contributed by atoms with Crippen LogP contribution in [0.4, 0.5) is 0 Å². The Morgan fingerprint density at radius 2 is 0.600 bits per heavy atom. The minimum Gasteiger partial charge on any atom is -0.463 e. The molecule has 15 atom stereocenters. The molecular formula is C41H56N2O26S. The second-order valence-corrected chi connectivity index (χ2v) is 15.9. The lowest BCUT2D eigenvalue weighted by Crippen LogP contribution is -2.70. The first-order valence-electron chi connectivity index (χ1n) is 21.1. The van der Waals surface area contributed by atoms with Gasteiger partial charge < -0.3 is 81.7 Å². The molecule has 3 heterocycles. The Morgan fingerprint density at radius 3 is 0.929 bits per heavy atom. The van der Waals surface area contributed by atoms with Crippen molar-refractivity contribution < 1.29 is 124 Å². The lowest BCUT2D eigenvalue weighted by Gasteiger charge is -2.49. The molecule has 3 rings (SSSR count). The van der Waals surface area contributed by atoms with Crippen LogP contribution in [0.5, 0.6) is 0 Å². The number of nitrogens with one attached hydrogen (secondary N) is 2. The predicted octanol–water partition coefficient (Wildman–Crippen LogP) is -1.85. The van der Waals surface area contributed by atoms with Gasteiger partial charge in [-0.1, -0.05) is 0 Å². The molecule has 8 unspecified atom stereocenters. The molecule has 0 saturated carbocycles. The third kappa shape index (κ3) is 17.9. The highest BCUT2D eigenvalue weighted by Gasteiger charge is 2.58. The van der Waals surface area contributed by atoms with E-state index >= 15 is 0 Å². The van der Waals surface area contributed by atoms with E-state index in [-0.39, 0.29) is 0 Å². The minimum absolute atomic E-state index is 0.491. The molecule has 0 amide bonds. The average Bonchev–Trinajstić information content (AvgIpc) is 3.20. The molecular weight excluding hydrogens is 969 g/mol. The van der Waals surface area contributed by atoms with Crippen molar-refractivity contribution in [2.45, 2.75) is 168 Å². The molecule has 392 valence electrons. The van der Waals surface area contributed by atoms with Crippen LogP contribution in [0, 0.1) is 0 Å². The Balaban J connectivity index is 2.18. The molecule has 3 fully saturated rings. The second-order valence-electron chi connectivity index (χ2n) is 15.5. The van der Waals surface area contributed by atoms with Crippen molar-refractivity contribution in [3.8, 4) is 0 Å². The fraction of sp³-hybridized carbons (Fsp3) is 0.707. The van der Waals surface area contributed by atoms with Gasteiger partial charge in [0, 0.05) is 76.2 Å². The van der Waals surface area contributed by atoms with E-state index in [9.17, 15) is 52.7 Å². The Labute approximate surface area is 404 Å². The van der Waals surface area contributed by atoms with Gasteiger partial charge in [0.1, 0.15) is 44.2 Å². The van der Waals surface area contributed by atoms with Crippen LogP contribution in [0.3, 0.4) is 0 Å². The highest BCUT2D eigenvalue weighted by atomic mass is 32.1. The zero-order valence-electron chi connectivity index (χ0n) is 39.8. The maximum absolute atomic E-state index is 12.9. The molecule has 0 aromatic heterocycles. The van der Waals surface area contributed by atoms with E-state index in [1.165, 1.54) is 0 Å². The predicted molar refractivity (Wildman–Crippen MR) is 224 cm³/mol. The van der Waals surface area contributed by atoms with Crippen LogP contribution < -0.4 is 10.6 Å². The van der Waals surface area contributed by atoms with E-state index in [0.29, 0.717) is 0 Å². The molecule has 3 aliphatic rings. The number of hydrogen-bond donors (Lipinski definition) is 2. The number of esters is 11. The Kier molecular flexibility index (Phi) is 22.1. The Morgan fingerprint density at radius 1 is 0.343 bits per heavy atom. The van der Waals surface area contributed by atoms with Gasteiger partial charge in [-0.2, -0.15) is 0 Å². The highest BCUT2D eigenvalue weighted by Crippen LogP contribution is 2.35. The van der Waals surface area contributed by atoms with Gasteiger partial charge >= 0.3 is 65.7 Å². The number of carbonyl (C=O) groups is 11. The number of ether oxygens (including phenoxy) is 15. The smallest absolute Gasteiger partial charge is 0.303 e. The first-order chi connectivity index (χ1) is 32.7. The van der Waals surface area contributed by atoms with Gasteiger partial charge in [0.2, 0.25) is 0 Å². The van der Waals surface area contributed by atoms with Crippen LogP contribution in [0.2, 0.25) is 0 Å². The summed E-state index contributed by atoms with van der Waals surface area (Å²) in [5.74, 6) is -10.2. The largest absolute Gasteiger partial charge is 0.463 e. The molecule has 70 heavy (non-hydrogen) atoms. The number of hydrogen-bond acceptors (Lipinski definition) is 27. The first kappa shape index (κ1) is 58.0. The van der Waals surface area contributed by atoms with E-state index < -0.39 is 183 Å². The van der Waals surface area contributed by atoms with Gasteiger partial charge in [0.25, 0.3) is 0 Å². The lowest BCUT2D eigenvalue weighted by atomic mass is 9.95. The first-order valence-corrected chi connectivity index (χ1v) is 21.5. The summed E-state index contributed by atoms with van der Waals surface area (Å²) in [5, 5.41) is 4.91. The molecule has 28 nitrogen and oxygen atoms in total. The van der Waals surface area contributed by atoms with Crippen molar-refractivity contribution in [2.75, 3.05) is 19.8 Å². The standard InChI is InChI=1S/C41H56N2O26S/c1-15(44)55-12-26-29(58-18(4)47)32(60-20(6)49)35(63-23(9)52)38(66-26)42-41(70)43-39-36(64-24(10)53)33(61-21(7)50)31(27(67-39)13-56-16(2)45)69-40-37(65-25(11)54)34(62-22(8)51)30(59-19(5)48)28(68-40)14-57-17(3)46/h26-40H,12-14H2,1-11H3,(H2,42,43,70)/t26-,27?,28?,29-,30+,31-,32?,33?,34?,35?,36?,37?,38-,39-,40+/m1/s1. The third-order valence-corrected chi connectivity index (χ3v) is 9.70. The van der Waals surface area contributed by atoms with Crippen LogP contribution >= 0.6 is 12.2 Å². The SMILES string of the molecule is CC(=O)OCC1O[C@@H](NC(=S)N[C@@H]2O[C@H](COC(C)=O)[C@@H](OC(C)=O)C(OC(C)=O)C2OC(C)=O)C(OC(C)=O)C(OC(C)=O)[C@@H]1O[C@@H]1OC(COC(C)=O)[C@H](OC(C)=O)C(OC(C)=O)C1OC(C)=O. The molecule has 3 saturated heterocycles. The van der Waals surface area contributed by atoms with Gasteiger partial charge in [-0.05, 0) is 12.2 Å². The van der Waals surface area contributed by atoms with Crippen molar-refractivity contribution in [1.82, 2.24) is 10.6 Å². The van der Waals surface area contributed by atoms with E-state index in [4.69, 9.17) is 83.3 Å². The van der Waals surface area contributed by atoms with Crippen molar-refractivity contribution in [2.24, 2.45) is 0 Å². The van der Waals surface area contributed by atoms with Gasteiger partial charge in [0.15, 0.2) is 72.7 Å². The summed E-state index contributed by atoms with van der Waals surface area (Å²) in [4.78, 5) is 136. The lowest BCUT2D eigenvalue weighted by molar-refractivity contribution is -0.345. The Bertz CT molecular complexity index is 1980. The molecule has 0 aromatic carbocycles. The van der Waals surface area contributed by atoms with Crippen molar-refractivity contribution in [3.63, 3.8) is 0 Å². The van der Waals surface area contributed by atoms with Gasteiger partial charge in [-0.25, -0.2) is 0 Å². The van der Waals surface area contributed by atoms with Gasteiger partial charge in [0.05, 0.1) is 0 Å². The zero-order valence-corrected chi connectivity index (χ0v) is 40.6. The number of carbonyl (C=O) groups excluding carboxylic acids is 11. The molecule has 2 N–H and O–H groups in total. The topological polar surface area (TPSA) is 350 Å². The normalized spacial score (nSPS) is 30.2.